The Bertz CT molecular complexity index is 183. The van der Waals surface area contributed by atoms with Gasteiger partial charge in [-0.25, -0.2) is 0 Å². The first kappa shape index (κ1) is 11.3. The zero-order valence-corrected chi connectivity index (χ0v) is 9.40. The maximum absolute atomic E-state index is 9.20. The van der Waals surface area contributed by atoms with Gasteiger partial charge in [-0.3, -0.25) is 9.80 Å². The number of morpholine rings is 1. The van der Waals surface area contributed by atoms with Crippen molar-refractivity contribution >= 4 is 0 Å². The van der Waals surface area contributed by atoms with Crippen LogP contribution < -0.4 is 0 Å². The van der Waals surface area contributed by atoms with Gasteiger partial charge in [-0.15, -0.1) is 0 Å². The Morgan fingerprint density at radius 2 is 1.93 bits per heavy atom. The minimum Gasteiger partial charge on any atom is -0.395 e. The van der Waals surface area contributed by atoms with Crippen LogP contribution >= 0.6 is 0 Å². The van der Waals surface area contributed by atoms with Crippen molar-refractivity contribution in [3.05, 3.63) is 0 Å². The van der Waals surface area contributed by atoms with E-state index < -0.39 is 0 Å². The molecule has 1 unspecified atom stereocenters. The third-order valence-corrected chi connectivity index (χ3v) is 3.52. The van der Waals surface area contributed by atoms with Gasteiger partial charge in [0, 0.05) is 32.2 Å². The van der Waals surface area contributed by atoms with E-state index >= 15 is 0 Å². The van der Waals surface area contributed by atoms with Crippen molar-refractivity contribution in [1.29, 1.82) is 0 Å². The Labute approximate surface area is 91.8 Å². The van der Waals surface area contributed by atoms with Gasteiger partial charge in [-0.05, 0) is 19.4 Å². The standard InChI is InChI=1S/C11H22N2O2/c14-10-11-2-1-3-13(11)5-4-12-6-8-15-9-7-12/h11,14H,1-10H2. The van der Waals surface area contributed by atoms with Crippen LogP contribution in [-0.4, -0.2) is 73.5 Å². The monoisotopic (exact) mass is 214 g/mol. The number of rotatable bonds is 4. The highest BCUT2D eigenvalue weighted by atomic mass is 16.5. The molecule has 0 aromatic heterocycles. The van der Waals surface area contributed by atoms with Crippen molar-refractivity contribution in [3.63, 3.8) is 0 Å². The van der Waals surface area contributed by atoms with E-state index in [4.69, 9.17) is 4.74 Å². The molecule has 0 radical (unpaired) electrons. The molecular weight excluding hydrogens is 192 g/mol. The lowest BCUT2D eigenvalue weighted by atomic mass is 10.2. The third kappa shape index (κ3) is 3.14. The first-order chi connectivity index (χ1) is 7.40. The lowest BCUT2D eigenvalue weighted by Gasteiger charge is -2.30. The molecule has 0 saturated carbocycles. The van der Waals surface area contributed by atoms with Crippen molar-refractivity contribution < 1.29 is 9.84 Å². The molecule has 2 rings (SSSR count). The normalized spacial score (nSPS) is 29.8. The van der Waals surface area contributed by atoms with Crippen molar-refractivity contribution in [2.45, 2.75) is 18.9 Å². The molecule has 2 aliphatic heterocycles. The summed E-state index contributed by atoms with van der Waals surface area (Å²) in [5, 5.41) is 9.20. The van der Waals surface area contributed by atoms with E-state index in [-0.39, 0.29) is 0 Å². The van der Waals surface area contributed by atoms with E-state index in [0.29, 0.717) is 12.6 Å². The van der Waals surface area contributed by atoms with Crippen LogP contribution in [0.25, 0.3) is 0 Å². The van der Waals surface area contributed by atoms with Gasteiger partial charge in [-0.1, -0.05) is 0 Å². The molecule has 0 aromatic rings. The van der Waals surface area contributed by atoms with Gasteiger partial charge in [0.15, 0.2) is 0 Å². The van der Waals surface area contributed by atoms with E-state index in [9.17, 15) is 5.11 Å². The molecule has 0 aliphatic carbocycles. The number of ether oxygens (including phenoxy) is 1. The Morgan fingerprint density at radius 1 is 1.13 bits per heavy atom. The highest BCUT2D eigenvalue weighted by molar-refractivity contribution is 4.79. The summed E-state index contributed by atoms with van der Waals surface area (Å²) in [6.45, 7) is 7.60. The predicted molar refractivity (Wildman–Crippen MR) is 58.9 cm³/mol. The molecule has 0 spiro atoms. The highest BCUT2D eigenvalue weighted by Gasteiger charge is 2.23. The first-order valence-electron chi connectivity index (χ1n) is 6.05. The summed E-state index contributed by atoms with van der Waals surface area (Å²) >= 11 is 0. The van der Waals surface area contributed by atoms with Gasteiger partial charge >= 0.3 is 0 Å². The maximum atomic E-state index is 9.20. The van der Waals surface area contributed by atoms with Gasteiger partial charge in [0.1, 0.15) is 0 Å². The Kier molecular flexibility index (Phi) is 4.38. The SMILES string of the molecule is OCC1CCCN1CCN1CCOCC1. The Balaban J connectivity index is 1.67. The molecule has 2 saturated heterocycles. The van der Waals surface area contributed by atoms with E-state index in [1.165, 1.54) is 12.8 Å². The van der Waals surface area contributed by atoms with Crippen LogP contribution in [0.1, 0.15) is 12.8 Å². The molecule has 4 nitrogen and oxygen atoms in total. The molecular formula is C11H22N2O2. The summed E-state index contributed by atoms with van der Waals surface area (Å²) in [5.41, 5.74) is 0. The highest BCUT2D eigenvalue weighted by Crippen LogP contribution is 2.16. The minimum atomic E-state index is 0.323. The van der Waals surface area contributed by atoms with Crippen LogP contribution in [0.3, 0.4) is 0 Å². The lowest BCUT2D eigenvalue weighted by Crippen LogP contribution is -2.43. The number of hydrogen-bond acceptors (Lipinski definition) is 4. The lowest BCUT2D eigenvalue weighted by molar-refractivity contribution is 0.0311. The largest absolute Gasteiger partial charge is 0.395 e. The van der Waals surface area contributed by atoms with Crippen LogP contribution in [-0.2, 0) is 4.74 Å². The van der Waals surface area contributed by atoms with Crippen molar-refractivity contribution in [2.75, 3.05) is 52.5 Å². The number of aliphatic hydroxyl groups excluding tert-OH is 1. The van der Waals surface area contributed by atoms with Crippen molar-refractivity contribution in [3.8, 4) is 0 Å². The summed E-state index contributed by atoms with van der Waals surface area (Å²) in [7, 11) is 0. The summed E-state index contributed by atoms with van der Waals surface area (Å²) in [5.74, 6) is 0. The topological polar surface area (TPSA) is 35.9 Å². The average molecular weight is 214 g/mol. The fourth-order valence-electron chi connectivity index (χ4n) is 2.49. The second-order valence-corrected chi connectivity index (χ2v) is 4.47. The Morgan fingerprint density at radius 3 is 2.67 bits per heavy atom. The molecule has 0 bridgehead atoms. The smallest absolute Gasteiger partial charge is 0.0594 e. The summed E-state index contributed by atoms with van der Waals surface area (Å²) < 4.78 is 5.32. The van der Waals surface area contributed by atoms with Gasteiger partial charge in [0.2, 0.25) is 0 Å². The van der Waals surface area contributed by atoms with E-state index in [2.05, 4.69) is 9.80 Å². The predicted octanol–water partition coefficient (Wildman–Crippen LogP) is -0.225. The quantitative estimate of drug-likeness (QED) is 0.701. The second-order valence-electron chi connectivity index (χ2n) is 4.47. The second kappa shape index (κ2) is 5.80. The summed E-state index contributed by atoms with van der Waals surface area (Å²) in [6.07, 6.45) is 2.41. The van der Waals surface area contributed by atoms with Crippen LogP contribution in [0.2, 0.25) is 0 Å². The summed E-state index contributed by atoms with van der Waals surface area (Å²) in [4.78, 5) is 4.88. The molecule has 1 atom stereocenters. The molecule has 2 aliphatic rings. The van der Waals surface area contributed by atoms with Gasteiger partial charge < -0.3 is 9.84 Å². The van der Waals surface area contributed by atoms with Crippen LogP contribution in [0.4, 0.5) is 0 Å². The molecule has 88 valence electrons. The molecule has 2 fully saturated rings. The number of hydrogen-bond donors (Lipinski definition) is 1. The van der Waals surface area contributed by atoms with Crippen molar-refractivity contribution in [1.82, 2.24) is 9.80 Å². The molecule has 0 amide bonds. The van der Waals surface area contributed by atoms with Gasteiger partial charge in [-0.2, -0.15) is 0 Å². The van der Waals surface area contributed by atoms with Gasteiger partial charge in [0.25, 0.3) is 0 Å². The molecule has 2 heterocycles. The van der Waals surface area contributed by atoms with Crippen LogP contribution in [0, 0.1) is 0 Å². The summed E-state index contributed by atoms with van der Waals surface area (Å²) in [6, 6.07) is 0.422. The maximum Gasteiger partial charge on any atom is 0.0594 e. The number of likely N-dealkylation sites (tertiary alicyclic amines) is 1. The molecule has 1 N–H and O–H groups in total. The number of nitrogens with zero attached hydrogens (tertiary/aromatic N) is 2. The molecule has 0 aromatic carbocycles. The van der Waals surface area contributed by atoms with Gasteiger partial charge in [0.05, 0.1) is 19.8 Å². The fourth-order valence-corrected chi connectivity index (χ4v) is 2.49. The average Bonchev–Trinajstić information content (AvgIpc) is 2.75. The van der Waals surface area contributed by atoms with E-state index in [1.807, 2.05) is 0 Å². The van der Waals surface area contributed by atoms with Crippen LogP contribution in [0.15, 0.2) is 0 Å². The Hall–Kier alpha value is -0.160. The number of aliphatic hydroxyl groups is 1. The van der Waals surface area contributed by atoms with Crippen molar-refractivity contribution in [2.24, 2.45) is 0 Å². The molecule has 4 heteroatoms. The first-order valence-corrected chi connectivity index (χ1v) is 6.05. The zero-order chi connectivity index (χ0) is 10.5. The van der Waals surface area contributed by atoms with E-state index in [0.717, 1.165) is 45.9 Å². The third-order valence-electron chi connectivity index (χ3n) is 3.52. The van der Waals surface area contributed by atoms with Crippen LogP contribution in [0.5, 0.6) is 0 Å². The fraction of sp³-hybridized carbons (Fsp3) is 1.00. The minimum absolute atomic E-state index is 0.323. The van der Waals surface area contributed by atoms with E-state index in [1.54, 1.807) is 0 Å². The zero-order valence-electron chi connectivity index (χ0n) is 9.40. The molecule has 15 heavy (non-hydrogen) atoms.